The van der Waals surface area contributed by atoms with Gasteiger partial charge in [-0.05, 0) is 42.7 Å². The number of phenolic OH excluding ortho intramolecular Hbond substituents is 1. The van der Waals surface area contributed by atoms with Gasteiger partial charge in [-0.3, -0.25) is 0 Å². The van der Waals surface area contributed by atoms with Crippen LogP contribution in [0.2, 0.25) is 0 Å². The third-order valence-corrected chi connectivity index (χ3v) is 1.74. The van der Waals surface area contributed by atoms with Crippen LogP contribution in [0.3, 0.4) is 0 Å². The topological polar surface area (TPSA) is 58.6 Å². The molecule has 0 aromatic heterocycles. The zero-order valence-electron chi connectivity index (χ0n) is 7.20. The van der Waals surface area contributed by atoms with Crippen molar-refractivity contribution in [2.75, 3.05) is 0 Å². The van der Waals surface area contributed by atoms with Crippen LogP contribution in [0, 0.1) is 13.8 Å². The Morgan fingerprint density at radius 1 is 1.33 bits per heavy atom. The van der Waals surface area contributed by atoms with Crippen molar-refractivity contribution in [3.8, 4) is 5.75 Å². The molecule has 64 valence electrons. The number of hydrazone groups is 1. The van der Waals surface area contributed by atoms with Crippen LogP contribution >= 0.6 is 0 Å². The Morgan fingerprint density at radius 3 is 2.25 bits per heavy atom. The van der Waals surface area contributed by atoms with Gasteiger partial charge in [0.2, 0.25) is 0 Å². The van der Waals surface area contributed by atoms with E-state index in [0.29, 0.717) is 5.75 Å². The van der Waals surface area contributed by atoms with Crippen LogP contribution in [0.5, 0.6) is 5.75 Å². The van der Waals surface area contributed by atoms with Gasteiger partial charge < -0.3 is 10.9 Å². The molecule has 0 fully saturated rings. The second-order valence-electron chi connectivity index (χ2n) is 2.78. The molecule has 0 aliphatic rings. The summed E-state index contributed by atoms with van der Waals surface area (Å²) >= 11 is 0. The Hall–Kier alpha value is -1.51. The van der Waals surface area contributed by atoms with Gasteiger partial charge in [0.1, 0.15) is 5.75 Å². The molecule has 0 bridgehead atoms. The SMILES string of the molecule is Cc1cc(C=NN)cc(C)c1O. The van der Waals surface area contributed by atoms with Gasteiger partial charge >= 0.3 is 0 Å². The van der Waals surface area contributed by atoms with Crippen LogP contribution < -0.4 is 5.84 Å². The van der Waals surface area contributed by atoms with E-state index >= 15 is 0 Å². The highest BCUT2D eigenvalue weighted by Gasteiger charge is 2.00. The normalized spacial score (nSPS) is 10.8. The molecule has 0 amide bonds. The molecule has 0 spiro atoms. The number of hydrogen-bond donors (Lipinski definition) is 2. The summed E-state index contributed by atoms with van der Waals surface area (Å²) in [6.07, 6.45) is 1.56. The molecule has 3 nitrogen and oxygen atoms in total. The second kappa shape index (κ2) is 3.26. The fraction of sp³-hybridized carbons (Fsp3) is 0.222. The van der Waals surface area contributed by atoms with E-state index < -0.39 is 0 Å². The van der Waals surface area contributed by atoms with Crippen molar-refractivity contribution in [2.24, 2.45) is 10.9 Å². The molecule has 0 aliphatic carbocycles. The van der Waals surface area contributed by atoms with E-state index in [1.807, 2.05) is 26.0 Å². The quantitative estimate of drug-likeness (QED) is 0.373. The molecule has 3 N–H and O–H groups in total. The van der Waals surface area contributed by atoms with Crippen molar-refractivity contribution in [3.05, 3.63) is 28.8 Å². The zero-order chi connectivity index (χ0) is 9.14. The summed E-state index contributed by atoms with van der Waals surface area (Å²) in [4.78, 5) is 0. The number of aromatic hydroxyl groups is 1. The standard InChI is InChI=1S/C9H12N2O/c1-6-3-8(5-11-10)4-7(2)9(6)12/h3-5,12H,10H2,1-2H3. The highest BCUT2D eigenvalue weighted by Crippen LogP contribution is 2.21. The number of rotatable bonds is 1. The summed E-state index contributed by atoms with van der Waals surface area (Å²) in [5.74, 6) is 5.34. The highest BCUT2D eigenvalue weighted by molar-refractivity contribution is 5.80. The maximum atomic E-state index is 9.42. The van der Waals surface area contributed by atoms with E-state index in [0.717, 1.165) is 16.7 Å². The molecule has 3 heteroatoms. The van der Waals surface area contributed by atoms with E-state index in [4.69, 9.17) is 5.84 Å². The molecule has 0 saturated heterocycles. The predicted octanol–water partition coefficient (Wildman–Crippen LogP) is 1.30. The Morgan fingerprint density at radius 2 is 1.83 bits per heavy atom. The molecule has 1 rings (SSSR count). The summed E-state index contributed by atoms with van der Waals surface area (Å²) in [6.45, 7) is 3.69. The van der Waals surface area contributed by atoms with E-state index in [9.17, 15) is 5.11 Å². The van der Waals surface area contributed by atoms with E-state index in [-0.39, 0.29) is 0 Å². The van der Waals surface area contributed by atoms with Crippen LogP contribution in [0.4, 0.5) is 0 Å². The molecular formula is C9H12N2O. The van der Waals surface area contributed by atoms with Gasteiger partial charge in [-0.2, -0.15) is 5.10 Å². The Bertz CT molecular complexity index is 295. The summed E-state index contributed by atoms with van der Waals surface area (Å²) < 4.78 is 0. The number of aryl methyl sites for hydroxylation is 2. The largest absolute Gasteiger partial charge is 0.507 e. The van der Waals surface area contributed by atoms with Gasteiger partial charge in [0.15, 0.2) is 0 Å². The molecule has 12 heavy (non-hydrogen) atoms. The van der Waals surface area contributed by atoms with Crippen LogP contribution in [-0.4, -0.2) is 11.3 Å². The summed E-state index contributed by atoms with van der Waals surface area (Å²) in [6, 6.07) is 3.66. The van der Waals surface area contributed by atoms with Gasteiger partial charge in [-0.15, -0.1) is 0 Å². The molecule has 1 aromatic carbocycles. The fourth-order valence-electron chi connectivity index (χ4n) is 1.15. The first-order valence-electron chi connectivity index (χ1n) is 3.68. The number of nitrogens with zero attached hydrogens (tertiary/aromatic N) is 1. The lowest BCUT2D eigenvalue weighted by Crippen LogP contribution is -1.89. The molecule has 0 atom stereocenters. The minimum atomic E-state index is 0.337. The molecule has 0 heterocycles. The van der Waals surface area contributed by atoms with Crippen LogP contribution in [0.25, 0.3) is 0 Å². The zero-order valence-corrected chi connectivity index (χ0v) is 7.20. The van der Waals surface area contributed by atoms with Crippen molar-refractivity contribution < 1.29 is 5.11 Å². The summed E-state index contributed by atoms with van der Waals surface area (Å²) in [5, 5.41) is 12.8. The maximum absolute atomic E-state index is 9.42. The van der Waals surface area contributed by atoms with Crippen molar-refractivity contribution >= 4 is 6.21 Å². The lowest BCUT2D eigenvalue weighted by Gasteiger charge is -2.03. The van der Waals surface area contributed by atoms with Gasteiger partial charge in [0.05, 0.1) is 6.21 Å². The summed E-state index contributed by atoms with van der Waals surface area (Å²) in [5.41, 5.74) is 2.58. The third-order valence-electron chi connectivity index (χ3n) is 1.74. The van der Waals surface area contributed by atoms with Crippen molar-refractivity contribution in [3.63, 3.8) is 0 Å². The molecular weight excluding hydrogens is 152 g/mol. The van der Waals surface area contributed by atoms with Crippen LogP contribution in [0.15, 0.2) is 17.2 Å². The van der Waals surface area contributed by atoms with Crippen LogP contribution in [-0.2, 0) is 0 Å². The van der Waals surface area contributed by atoms with Gasteiger partial charge in [-0.25, -0.2) is 0 Å². The fourth-order valence-corrected chi connectivity index (χ4v) is 1.15. The monoisotopic (exact) mass is 164 g/mol. The smallest absolute Gasteiger partial charge is 0.121 e. The first kappa shape index (κ1) is 8.59. The lowest BCUT2D eigenvalue weighted by molar-refractivity contribution is 0.467. The van der Waals surface area contributed by atoms with Gasteiger partial charge in [-0.1, -0.05) is 0 Å². The van der Waals surface area contributed by atoms with Gasteiger partial charge in [0.25, 0.3) is 0 Å². The maximum Gasteiger partial charge on any atom is 0.121 e. The highest BCUT2D eigenvalue weighted by atomic mass is 16.3. The minimum absolute atomic E-state index is 0.337. The number of hydrogen-bond acceptors (Lipinski definition) is 3. The molecule has 0 unspecified atom stereocenters. The molecule has 0 radical (unpaired) electrons. The van der Waals surface area contributed by atoms with Crippen LogP contribution in [0.1, 0.15) is 16.7 Å². The number of phenols is 1. The molecule has 0 saturated carbocycles. The number of benzene rings is 1. The first-order valence-corrected chi connectivity index (χ1v) is 3.68. The molecule has 1 aromatic rings. The Kier molecular flexibility index (Phi) is 2.33. The van der Waals surface area contributed by atoms with E-state index in [1.165, 1.54) is 0 Å². The Balaban J connectivity index is 3.21. The predicted molar refractivity (Wildman–Crippen MR) is 49.4 cm³/mol. The lowest BCUT2D eigenvalue weighted by atomic mass is 10.1. The van der Waals surface area contributed by atoms with Crippen molar-refractivity contribution in [1.82, 2.24) is 0 Å². The average Bonchev–Trinajstić information content (AvgIpc) is 2.01. The van der Waals surface area contributed by atoms with E-state index in [2.05, 4.69) is 5.10 Å². The second-order valence-corrected chi connectivity index (χ2v) is 2.78. The summed E-state index contributed by atoms with van der Waals surface area (Å²) in [7, 11) is 0. The molecule has 0 aliphatic heterocycles. The average molecular weight is 164 g/mol. The third kappa shape index (κ3) is 1.56. The van der Waals surface area contributed by atoms with Crippen molar-refractivity contribution in [2.45, 2.75) is 13.8 Å². The van der Waals surface area contributed by atoms with Crippen molar-refractivity contribution in [1.29, 1.82) is 0 Å². The Labute approximate surface area is 71.5 Å². The minimum Gasteiger partial charge on any atom is -0.507 e. The van der Waals surface area contributed by atoms with E-state index in [1.54, 1.807) is 6.21 Å². The number of nitrogens with two attached hydrogens (primary N) is 1. The van der Waals surface area contributed by atoms with Gasteiger partial charge in [0, 0.05) is 0 Å². The first-order chi connectivity index (χ1) is 5.65.